The molecule has 1 saturated carbocycles. The number of pyridine rings is 1. The molecule has 0 radical (unpaired) electrons. The Labute approximate surface area is 127 Å². The average molecular weight is 302 g/mol. The first kappa shape index (κ1) is 13.5. The lowest BCUT2D eigenvalue weighted by molar-refractivity contribution is -0.0563. The second-order valence-corrected chi connectivity index (χ2v) is 6.26. The number of nitrogens with zero attached hydrogens (tertiary/aromatic N) is 1. The van der Waals surface area contributed by atoms with Gasteiger partial charge in [0.25, 0.3) is 5.91 Å². The third-order valence-electron chi connectivity index (χ3n) is 4.69. The van der Waals surface area contributed by atoms with Gasteiger partial charge >= 0.3 is 6.03 Å². The van der Waals surface area contributed by atoms with Gasteiger partial charge in [-0.1, -0.05) is 0 Å². The summed E-state index contributed by atoms with van der Waals surface area (Å²) >= 11 is 0. The zero-order valence-electron chi connectivity index (χ0n) is 12.1. The maximum atomic E-state index is 12.1. The van der Waals surface area contributed by atoms with Crippen LogP contribution in [0.3, 0.4) is 0 Å². The Bertz CT molecular complexity index is 642. The van der Waals surface area contributed by atoms with Crippen molar-refractivity contribution in [3.05, 3.63) is 23.5 Å². The first-order valence-electron chi connectivity index (χ1n) is 7.62. The summed E-state index contributed by atoms with van der Waals surface area (Å²) in [5, 5.41) is 8.41. The number of carbonyl (C=O) groups is 2. The molecule has 1 saturated heterocycles. The molecule has 1 aromatic rings. The number of aromatic nitrogens is 1. The highest BCUT2D eigenvalue weighted by Crippen LogP contribution is 2.43. The van der Waals surface area contributed by atoms with Crippen molar-refractivity contribution in [2.75, 3.05) is 11.9 Å². The van der Waals surface area contributed by atoms with Crippen LogP contribution in [-0.2, 0) is 11.3 Å². The van der Waals surface area contributed by atoms with Crippen LogP contribution in [0.15, 0.2) is 12.3 Å². The lowest BCUT2D eigenvalue weighted by atomic mass is 9.77. The van der Waals surface area contributed by atoms with E-state index in [1.807, 2.05) is 0 Å². The van der Waals surface area contributed by atoms with Gasteiger partial charge < -0.3 is 20.7 Å². The highest BCUT2D eigenvalue weighted by molar-refractivity contribution is 5.97. The van der Waals surface area contributed by atoms with Crippen molar-refractivity contribution in [2.45, 2.75) is 43.9 Å². The van der Waals surface area contributed by atoms with E-state index in [0.717, 1.165) is 24.8 Å². The molecule has 7 nitrogen and oxygen atoms in total. The summed E-state index contributed by atoms with van der Waals surface area (Å²) in [4.78, 5) is 27.6. The van der Waals surface area contributed by atoms with Crippen molar-refractivity contribution in [3.63, 3.8) is 0 Å². The first-order valence-corrected chi connectivity index (χ1v) is 7.62. The fourth-order valence-electron chi connectivity index (χ4n) is 3.39. The predicted octanol–water partition coefficient (Wildman–Crippen LogP) is 1.16. The normalized spacial score (nSPS) is 24.5. The highest BCUT2D eigenvalue weighted by atomic mass is 16.5. The van der Waals surface area contributed by atoms with Gasteiger partial charge in [-0.15, -0.1) is 0 Å². The van der Waals surface area contributed by atoms with Crippen molar-refractivity contribution in [1.29, 1.82) is 0 Å². The summed E-state index contributed by atoms with van der Waals surface area (Å²) in [6, 6.07) is 1.58. The van der Waals surface area contributed by atoms with Crippen LogP contribution in [0.5, 0.6) is 0 Å². The van der Waals surface area contributed by atoms with E-state index < -0.39 is 0 Å². The molecular weight excluding hydrogens is 284 g/mol. The Morgan fingerprint density at radius 1 is 1.45 bits per heavy atom. The minimum absolute atomic E-state index is 0.0269. The van der Waals surface area contributed by atoms with E-state index in [2.05, 4.69) is 20.9 Å². The number of fused-ring (bicyclic) bond motifs is 1. The average Bonchev–Trinajstić information content (AvgIpc) is 3.03. The summed E-state index contributed by atoms with van der Waals surface area (Å²) in [5.41, 5.74) is 1.85. The Kier molecular flexibility index (Phi) is 3.04. The molecule has 1 aliphatic carbocycles. The molecule has 3 amide bonds. The number of anilines is 1. The van der Waals surface area contributed by atoms with Crippen molar-refractivity contribution in [2.24, 2.45) is 0 Å². The Morgan fingerprint density at radius 2 is 2.32 bits per heavy atom. The molecule has 2 fully saturated rings. The summed E-state index contributed by atoms with van der Waals surface area (Å²) in [6.07, 6.45) is 5.81. The van der Waals surface area contributed by atoms with E-state index in [-0.39, 0.29) is 23.6 Å². The summed E-state index contributed by atoms with van der Waals surface area (Å²) in [5.74, 6) is -0.167. The van der Waals surface area contributed by atoms with E-state index in [0.29, 0.717) is 24.5 Å². The number of ether oxygens (including phenoxy) is 1. The van der Waals surface area contributed by atoms with Gasteiger partial charge in [-0.3, -0.25) is 4.79 Å². The molecule has 0 bridgehead atoms. The topological polar surface area (TPSA) is 92.4 Å². The molecule has 1 aromatic heterocycles. The number of hydrogen-bond acceptors (Lipinski definition) is 4. The smallest absolute Gasteiger partial charge is 0.319 e. The van der Waals surface area contributed by atoms with Crippen LogP contribution in [0, 0.1) is 0 Å². The Balaban J connectivity index is 1.35. The maximum absolute atomic E-state index is 12.1. The van der Waals surface area contributed by atoms with Crippen LogP contribution in [0.4, 0.5) is 10.5 Å². The number of amides is 3. The number of rotatable bonds is 2. The number of hydrogen-bond donors (Lipinski definition) is 3. The van der Waals surface area contributed by atoms with Gasteiger partial charge in [0.15, 0.2) is 0 Å². The zero-order chi connectivity index (χ0) is 15.2. The van der Waals surface area contributed by atoms with Gasteiger partial charge in [0.1, 0.15) is 5.69 Å². The number of carbonyl (C=O) groups excluding carboxylic acids is 2. The van der Waals surface area contributed by atoms with E-state index in [1.54, 1.807) is 6.07 Å². The van der Waals surface area contributed by atoms with Crippen LogP contribution in [0.2, 0.25) is 0 Å². The zero-order valence-corrected chi connectivity index (χ0v) is 12.1. The SMILES string of the molecule is O=C(Nc1cnc2c(c1)CNC2=O)NC1COC2(CCC2)C1. The quantitative estimate of drug-likeness (QED) is 0.764. The molecule has 1 unspecified atom stereocenters. The van der Waals surface area contributed by atoms with Gasteiger partial charge in [0, 0.05) is 12.1 Å². The molecule has 1 spiro atoms. The molecular formula is C15H18N4O3. The standard InChI is InChI=1S/C15H18N4O3/c20-13-12-9(6-17-13)4-10(7-16-12)18-14(21)19-11-5-15(22-8-11)2-1-3-15/h4,7,11H,1-3,5-6,8H2,(H,17,20)(H2,18,19,21). The Hall–Kier alpha value is -2.15. The van der Waals surface area contributed by atoms with Gasteiger partial charge in [0.2, 0.25) is 0 Å². The highest BCUT2D eigenvalue weighted by Gasteiger charge is 2.45. The van der Waals surface area contributed by atoms with Crippen molar-refractivity contribution >= 4 is 17.6 Å². The van der Waals surface area contributed by atoms with Crippen LogP contribution in [0.1, 0.15) is 41.7 Å². The Morgan fingerprint density at radius 3 is 3.05 bits per heavy atom. The molecule has 7 heteroatoms. The molecule has 1 atom stereocenters. The monoisotopic (exact) mass is 302 g/mol. The van der Waals surface area contributed by atoms with E-state index >= 15 is 0 Å². The van der Waals surface area contributed by atoms with Crippen molar-refractivity contribution in [3.8, 4) is 0 Å². The largest absolute Gasteiger partial charge is 0.373 e. The third kappa shape index (κ3) is 2.31. The predicted molar refractivity (Wildman–Crippen MR) is 78.5 cm³/mol. The van der Waals surface area contributed by atoms with E-state index in [9.17, 15) is 9.59 Å². The van der Waals surface area contributed by atoms with Crippen LogP contribution in [-0.4, -0.2) is 35.2 Å². The summed E-state index contributed by atoms with van der Waals surface area (Å²) in [7, 11) is 0. The van der Waals surface area contributed by atoms with Gasteiger partial charge in [-0.05, 0) is 31.7 Å². The fourth-order valence-corrected chi connectivity index (χ4v) is 3.39. The van der Waals surface area contributed by atoms with E-state index in [1.165, 1.54) is 12.6 Å². The minimum atomic E-state index is -0.260. The molecule has 3 aliphatic rings. The lowest BCUT2D eigenvalue weighted by Gasteiger charge is -2.37. The molecule has 4 rings (SSSR count). The van der Waals surface area contributed by atoms with Crippen LogP contribution in [0.25, 0.3) is 0 Å². The second kappa shape index (κ2) is 4.95. The van der Waals surface area contributed by atoms with Gasteiger partial charge in [-0.25, -0.2) is 9.78 Å². The number of nitrogens with one attached hydrogen (secondary N) is 3. The molecule has 2 aliphatic heterocycles. The summed E-state index contributed by atoms with van der Waals surface area (Å²) < 4.78 is 5.81. The minimum Gasteiger partial charge on any atom is -0.373 e. The maximum Gasteiger partial charge on any atom is 0.319 e. The molecule has 3 N–H and O–H groups in total. The van der Waals surface area contributed by atoms with Gasteiger partial charge in [-0.2, -0.15) is 0 Å². The first-order chi connectivity index (χ1) is 10.6. The molecule has 3 heterocycles. The fraction of sp³-hybridized carbons (Fsp3) is 0.533. The van der Waals surface area contributed by atoms with Crippen LogP contribution < -0.4 is 16.0 Å². The second-order valence-electron chi connectivity index (χ2n) is 6.26. The lowest BCUT2D eigenvalue weighted by Crippen LogP contribution is -2.41. The molecule has 0 aromatic carbocycles. The van der Waals surface area contributed by atoms with Crippen LogP contribution >= 0.6 is 0 Å². The van der Waals surface area contributed by atoms with Crippen molar-refractivity contribution in [1.82, 2.24) is 15.6 Å². The van der Waals surface area contributed by atoms with Crippen molar-refractivity contribution < 1.29 is 14.3 Å². The molecule has 22 heavy (non-hydrogen) atoms. The van der Waals surface area contributed by atoms with Gasteiger partial charge in [0.05, 0.1) is 30.1 Å². The van der Waals surface area contributed by atoms with E-state index in [4.69, 9.17) is 4.74 Å². The number of urea groups is 1. The summed E-state index contributed by atoms with van der Waals surface area (Å²) in [6.45, 7) is 1.03. The third-order valence-corrected chi connectivity index (χ3v) is 4.69. The molecule has 116 valence electrons.